The molecule has 1 aliphatic heterocycles. The fourth-order valence-corrected chi connectivity index (χ4v) is 5.91. The average Bonchev–Trinajstić information content (AvgIpc) is 2.99. The minimum atomic E-state index is -2.94. The number of nitrogens with one attached hydrogen (secondary N) is 2. The fraction of sp³-hybridized carbons (Fsp3) is 0.650. The molecule has 1 saturated heterocycles. The van der Waals surface area contributed by atoms with Crippen LogP contribution in [0.5, 0.6) is 0 Å². The van der Waals surface area contributed by atoms with E-state index in [4.69, 9.17) is 4.99 Å². The van der Waals surface area contributed by atoms with Crippen molar-refractivity contribution in [1.29, 1.82) is 0 Å². The molecule has 0 aromatic heterocycles. The van der Waals surface area contributed by atoms with Gasteiger partial charge in [-0.2, -0.15) is 0 Å². The van der Waals surface area contributed by atoms with Crippen molar-refractivity contribution in [1.82, 2.24) is 10.6 Å². The van der Waals surface area contributed by atoms with Gasteiger partial charge in [0.2, 0.25) is 0 Å². The van der Waals surface area contributed by atoms with Crippen LogP contribution in [0.15, 0.2) is 29.3 Å². The summed E-state index contributed by atoms with van der Waals surface area (Å²) >= 11 is 0. The first-order valence-electron chi connectivity index (χ1n) is 9.94. The summed E-state index contributed by atoms with van der Waals surface area (Å²) in [5.74, 6) is 0.840. The quantitative estimate of drug-likeness (QED) is 0.594. The molecule has 1 aromatic rings. The van der Waals surface area contributed by atoms with Crippen molar-refractivity contribution in [2.24, 2.45) is 4.99 Å². The molecule has 2 N–H and O–H groups in total. The Balaban J connectivity index is 1.78. The highest BCUT2D eigenvalue weighted by Crippen LogP contribution is 2.40. The number of hydrogen-bond donors (Lipinski definition) is 2. The summed E-state index contributed by atoms with van der Waals surface area (Å²) in [5, 5.41) is 6.50. The van der Waals surface area contributed by atoms with Crippen LogP contribution in [-0.4, -0.2) is 45.0 Å². The summed E-state index contributed by atoms with van der Waals surface area (Å²) in [7, 11) is -2.94. The molecule has 2 fully saturated rings. The Hall–Kier alpha value is -1.63. The molecule has 1 aliphatic carbocycles. The standard InChI is InChI=1S/C20H30FN3O2S/c1-2-22-19(24-18-9-12-27(25,26)14-18)23-15-20(10-4-3-5-11-20)16-7-6-8-17(21)13-16/h6-8,13,18H,2-5,9-12,14-15H2,1H3,(H2,22,23,24). The van der Waals surface area contributed by atoms with Gasteiger partial charge in [0.05, 0.1) is 18.1 Å². The normalized spacial score (nSPS) is 24.5. The van der Waals surface area contributed by atoms with Gasteiger partial charge in [0.25, 0.3) is 0 Å². The van der Waals surface area contributed by atoms with Gasteiger partial charge in [0.1, 0.15) is 5.82 Å². The van der Waals surface area contributed by atoms with Crippen LogP contribution >= 0.6 is 0 Å². The van der Waals surface area contributed by atoms with E-state index in [1.54, 1.807) is 12.1 Å². The Labute approximate surface area is 161 Å². The van der Waals surface area contributed by atoms with Crippen LogP contribution in [0.4, 0.5) is 4.39 Å². The molecule has 7 heteroatoms. The number of nitrogens with zero attached hydrogens (tertiary/aromatic N) is 1. The fourth-order valence-electron chi connectivity index (χ4n) is 4.24. The van der Waals surface area contributed by atoms with Crippen molar-refractivity contribution in [2.75, 3.05) is 24.6 Å². The number of hydrogen-bond acceptors (Lipinski definition) is 3. The van der Waals surface area contributed by atoms with Gasteiger partial charge in [-0.1, -0.05) is 31.4 Å². The lowest BCUT2D eigenvalue weighted by atomic mass is 9.69. The Bertz CT molecular complexity index is 773. The van der Waals surface area contributed by atoms with E-state index in [-0.39, 0.29) is 28.8 Å². The van der Waals surface area contributed by atoms with Gasteiger partial charge in [-0.25, -0.2) is 12.8 Å². The average molecular weight is 396 g/mol. The zero-order valence-electron chi connectivity index (χ0n) is 16.0. The minimum Gasteiger partial charge on any atom is -0.357 e. The molecule has 0 bridgehead atoms. The third kappa shape index (κ3) is 5.21. The summed E-state index contributed by atoms with van der Waals surface area (Å²) in [5.41, 5.74) is 0.870. The summed E-state index contributed by atoms with van der Waals surface area (Å²) in [6, 6.07) is 6.82. The lowest BCUT2D eigenvalue weighted by Crippen LogP contribution is -2.45. The lowest BCUT2D eigenvalue weighted by Gasteiger charge is -2.37. The maximum absolute atomic E-state index is 13.8. The SMILES string of the molecule is CCNC(=NCC1(c2cccc(F)c2)CCCCC1)NC1CCS(=O)(=O)C1. The highest BCUT2D eigenvalue weighted by Gasteiger charge is 2.34. The van der Waals surface area contributed by atoms with Crippen LogP contribution < -0.4 is 10.6 Å². The van der Waals surface area contributed by atoms with Crippen LogP contribution in [0.1, 0.15) is 51.0 Å². The molecule has 1 atom stereocenters. The molecule has 0 amide bonds. The van der Waals surface area contributed by atoms with E-state index >= 15 is 0 Å². The molecular weight excluding hydrogens is 365 g/mol. The van der Waals surface area contributed by atoms with Gasteiger partial charge in [-0.05, 0) is 43.9 Å². The Morgan fingerprint density at radius 2 is 2.07 bits per heavy atom. The highest BCUT2D eigenvalue weighted by molar-refractivity contribution is 7.91. The number of halogens is 1. The summed E-state index contributed by atoms with van der Waals surface area (Å²) < 4.78 is 37.3. The van der Waals surface area contributed by atoms with E-state index in [2.05, 4.69) is 10.6 Å². The maximum atomic E-state index is 13.8. The van der Waals surface area contributed by atoms with Crippen LogP contribution in [-0.2, 0) is 15.3 Å². The zero-order chi connectivity index (χ0) is 19.3. The van der Waals surface area contributed by atoms with Crippen LogP contribution in [0, 0.1) is 5.82 Å². The molecule has 1 unspecified atom stereocenters. The van der Waals surface area contributed by atoms with E-state index in [0.717, 1.165) is 31.2 Å². The lowest BCUT2D eigenvalue weighted by molar-refractivity contribution is 0.300. The number of sulfone groups is 1. The molecule has 1 heterocycles. The molecule has 1 aromatic carbocycles. The van der Waals surface area contributed by atoms with Gasteiger partial charge < -0.3 is 10.6 Å². The molecule has 150 valence electrons. The predicted molar refractivity (Wildman–Crippen MR) is 107 cm³/mol. The third-order valence-electron chi connectivity index (χ3n) is 5.70. The Kier molecular flexibility index (Phi) is 6.40. The van der Waals surface area contributed by atoms with Crippen LogP contribution in [0.2, 0.25) is 0 Å². The molecule has 27 heavy (non-hydrogen) atoms. The van der Waals surface area contributed by atoms with Gasteiger partial charge in [-0.3, -0.25) is 4.99 Å². The first kappa shape index (κ1) is 20.1. The molecule has 0 spiro atoms. The van der Waals surface area contributed by atoms with Gasteiger partial charge in [0, 0.05) is 18.0 Å². The van der Waals surface area contributed by atoms with E-state index in [1.165, 1.54) is 12.5 Å². The minimum absolute atomic E-state index is 0.0933. The Morgan fingerprint density at radius 1 is 1.30 bits per heavy atom. The maximum Gasteiger partial charge on any atom is 0.191 e. The first-order valence-corrected chi connectivity index (χ1v) is 11.8. The molecule has 2 aliphatic rings. The number of rotatable bonds is 5. The smallest absolute Gasteiger partial charge is 0.191 e. The highest BCUT2D eigenvalue weighted by atomic mass is 32.2. The van der Waals surface area contributed by atoms with Crippen LogP contribution in [0.25, 0.3) is 0 Å². The zero-order valence-corrected chi connectivity index (χ0v) is 16.8. The van der Waals surface area contributed by atoms with Crippen molar-refractivity contribution in [2.45, 2.75) is 56.9 Å². The molecular formula is C20H30FN3O2S. The van der Waals surface area contributed by atoms with Crippen molar-refractivity contribution >= 4 is 15.8 Å². The predicted octanol–water partition coefficient (Wildman–Crippen LogP) is 2.77. The van der Waals surface area contributed by atoms with Crippen molar-refractivity contribution in [3.8, 4) is 0 Å². The second kappa shape index (κ2) is 8.59. The van der Waals surface area contributed by atoms with Crippen molar-refractivity contribution < 1.29 is 12.8 Å². The Morgan fingerprint density at radius 3 is 2.70 bits per heavy atom. The van der Waals surface area contributed by atoms with Crippen LogP contribution in [0.3, 0.4) is 0 Å². The van der Waals surface area contributed by atoms with Crippen molar-refractivity contribution in [3.05, 3.63) is 35.6 Å². The summed E-state index contributed by atoms with van der Waals surface area (Å²) in [4.78, 5) is 4.80. The van der Waals surface area contributed by atoms with Gasteiger partial charge >= 0.3 is 0 Å². The first-order chi connectivity index (χ1) is 12.9. The monoisotopic (exact) mass is 395 g/mol. The second-order valence-electron chi connectivity index (χ2n) is 7.79. The molecule has 5 nitrogen and oxygen atoms in total. The number of aliphatic imine (C=N–C) groups is 1. The van der Waals surface area contributed by atoms with E-state index in [9.17, 15) is 12.8 Å². The van der Waals surface area contributed by atoms with Gasteiger partial charge in [-0.15, -0.1) is 0 Å². The van der Waals surface area contributed by atoms with E-state index < -0.39 is 9.84 Å². The second-order valence-corrected chi connectivity index (χ2v) is 10.0. The van der Waals surface area contributed by atoms with E-state index in [0.29, 0.717) is 25.5 Å². The van der Waals surface area contributed by atoms with E-state index in [1.807, 2.05) is 13.0 Å². The largest absolute Gasteiger partial charge is 0.357 e. The molecule has 3 rings (SSSR count). The van der Waals surface area contributed by atoms with Gasteiger partial charge in [0.15, 0.2) is 15.8 Å². The number of benzene rings is 1. The third-order valence-corrected chi connectivity index (χ3v) is 7.47. The summed E-state index contributed by atoms with van der Waals surface area (Å²) in [6.45, 7) is 3.27. The molecule has 1 saturated carbocycles. The summed E-state index contributed by atoms with van der Waals surface area (Å²) in [6.07, 6.45) is 6.06. The topological polar surface area (TPSA) is 70.6 Å². The number of guanidine groups is 1. The van der Waals surface area contributed by atoms with Crippen molar-refractivity contribution in [3.63, 3.8) is 0 Å². The molecule has 0 radical (unpaired) electrons.